The maximum Gasteiger partial charge on any atom is 0.431 e. The van der Waals surface area contributed by atoms with E-state index in [0.717, 1.165) is 31.0 Å². The fourth-order valence-electron chi connectivity index (χ4n) is 4.33. The van der Waals surface area contributed by atoms with Crippen molar-refractivity contribution in [1.29, 1.82) is 0 Å². The minimum absolute atomic E-state index is 0.0827. The Kier molecular flexibility index (Phi) is 8.82. The third kappa shape index (κ3) is 6.51. The van der Waals surface area contributed by atoms with Gasteiger partial charge in [-0.25, -0.2) is 22.0 Å². The van der Waals surface area contributed by atoms with Crippen LogP contribution in [0.5, 0.6) is 5.75 Å². The summed E-state index contributed by atoms with van der Waals surface area (Å²) >= 11 is 5.95. The molecule has 0 heterocycles. The van der Waals surface area contributed by atoms with E-state index in [9.17, 15) is 35.1 Å². The Morgan fingerprint density at radius 3 is 1.67 bits per heavy atom. The zero-order valence-corrected chi connectivity index (χ0v) is 22.2. The molecule has 0 aliphatic carbocycles. The number of ether oxygens (including phenoxy) is 1. The molecule has 4 aromatic rings. The first-order valence-electron chi connectivity index (χ1n) is 12.3. The molecule has 0 aromatic heterocycles. The van der Waals surface area contributed by atoms with Crippen molar-refractivity contribution in [3.63, 3.8) is 0 Å². The predicted octanol–water partition coefficient (Wildman–Crippen LogP) is 10.9. The lowest BCUT2D eigenvalue weighted by Crippen LogP contribution is -2.24. The van der Waals surface area contributed by atoms with E-state index in [-0.39, 0.29) is 23.3 Å². The molecule has 42 heavy (non-hydrogen) atoms. The van der Waals surface area contributed by atoms with Gasteiger partial charge in [-0.15, -0.1) is 0 Å². The van der Waals surface area contributed by atoms with Gasteiger partial charge in [0.2, 0.25) is 0 Å². The molecular formula is C30H19ClF10O. The van der Waals surface area contributed by atoms with Crippen molar-refractivity contribution >= 4 is 11.6 Å². The highest BCUT2D eigenvalue weighted by Gasteiger charge is 2.41. The first-order chi connectivity index (χ1) is 19.6. The average Bonchev–Trinajstić information content (AvgIpc) is 2.85. The van der Waals surface area contributed by atoms with Crippen molar-refractivity contribution in [1.82, 2.24) is 0 Å². The first kappa shape index (κ1) is 31.2. The summed E-state index contributed by atoms with van der Waals surface area (Å²) in [6.45, 7) is 1.97. The van der Waals surface area contributed by atoms with Crippen LogP contribution in [-0.4, -0.2) is 0 Å². The van der Waals surface area contributed by atoms with Gasteiger partial charge in [0.1, 0.15) is 46.0 Å². The molecule has 0 unspecified atom stereocenters. The summed E-state index contributed by atoms with van der Waals surface area (Å²) in [6.07, 6.45) is -7.51. The fourth-order valence-corrected chi connectivity index (χ4v) is 4.65. The second-order valence-electron chi connectivity index (χ2n) is 9.31. The van der Waals surface area contributed by atoms with E-state index in [1.165, 1.54) is 12.1 Å². The van der Waals surface area contributed by atoms with Gasteiger partial charge >= 0.3 is 12.3 Å². The smallest absolute Gasteiger partial charge is 0.429 e. The van der Waals surface area contributed by atoms with Crippen molar-refractivity contribution in [2.75, 3.05) is 0 Å². The molecule has 0 bridgehead atoms. The molecule has 4 rings (SSSR count). The normalized spacial score (nSPS) is 12.1. The zero-order valence-electron chi connectivity index (χ0n) is 21.5. The van der Waals surface area contributed by atoms with Gasteiger partial charge in [0.25, 0.3) is 0 Å². The summed E-state index contributed by atoms with van der Waals surface area (Å²) in [7, 11) is 0. The summed E-state index contributed by atoms with van der Waals surface area (Å²) in [6, 6.07) is 8.11. The molecule has 0 aliphatic rings. The van der Waals surface area contributed by atoms with Crippen LogP contribution in [0.1, 0.15) is 36.5 Å². The number of halogens is 11. The molecular weight excluding hydrogens is 602 g/mol. The van der Waals surface area contributed by atoms with E-state index >= 15 is 8.78 Å². The van der Waals surface area contributed by atoms with Gasteiger partial charge in [0.15, 0.2) is 0 Å². The van der Waals surface area contributed by atoms with Crippen molar-refractivity contribution < 1.29 is 48.6 Å². The van der Waals surface area contributed by atoms with E-state index in [1.807, 2.05) is 6.92 Å². The fraction of sp³-hybridized carbons (Fsp3) is 0.200. The van der Waals surface area contributed by atoms with Gasteiger partial charge in [-0.3, -0.25) is 0 Å². The van der Waals surface area contributed by atoms with E-state index in [4.69, 9.17) is 11.6 Å². The number of rotatable bonds is 8. The number of hydrogen-bond donors (Lipinski definition) is 0. The van der Waals surface area contributed by atoms with Crippen molar-refractivity contribution in [3.8, 4) is 28.0 Å². The monoisotopic (exact) mass is 620 g/mol. The molecule has 0 fully saturated rings. The van der Waals surface area contributed by atoms with Crippen molar-refractivity contribution in [2.24, 2.45) is 0 Å². The minimum atomic E-state index is -5.35. The lowest BCUT2D eigenvalue weighted by molar-refractivity contribution is -0.187. The average molecular weight is 621 g/mol. The van der Waals surface area contributed by atoms with E-state index in [2.05, 4.69) is 4.74 Å². The quantitative estimate of drug-likeness (QED) is 0.178. The summed E-state index contributed by atoms with van der Waals surface area (Å²) in [5.74, 6) is -8.54. The Morgan fingerprint density at radius 2 is 1.17 bits per heavy atom. The van der Waals surface area contributed by atoms with Gasteiger partial charge in [0.05, 0.1) is 5.02 Å². The molecule has 0 saturated heterocycles. The molecule has 0 atom stereocenters. The summed E-state index contributed by atoms with van der Waals surface area (Å²) in [5, 5.41) is -0.822. The van der Waals surface area contributed by atoms with Crippen LogP contribution in [0, 0.1) is 29.1 Å². The lowest BCUT2D eigenvalue weighted by atomic mass is 9.99. The molecule has 0 amide bonds. The third-order valence-electron chi connectivity index (χ3n) is 6.32. The highest BCUT2D eigenvalue weighted by atomic mass is 35.5. The molecule has 12 heteroatoms. The molecule has 0 spiro atoms. The van der Waals surface area contributed by atoms with Crippen LogP contribution >= 0.6 is 11.6 Å². The number of unbranched alkanes of at least 4 members (excludes halogenated alkanes) is 1. The van der Waals surface area contributed by atoms with Gasteiger partial charge in [0, 0.05) is 17.2 Å². The first-order valence-corrected chi connectivity index (χ1v) is 12.7. The Labute approximate surface area is 238 Å². The zero-order chi connectivity index (χ0) is 31.0. The van der Waals surface area contributed by atoms with E-state index in [0.29, 0.717) is 24.1 Å². The molecule has 0 aliphatic heterocycles. The Bertz CT molecular complexity index is 1590. The topological polar surface area (TPSA) is 9.23 Å². The third-order valence-corrected chi connectivity index (χ3v) is 6.62. The largest absolute Gasteiger partial charge is 0.431 e. The lowest BCUT2D eigenvalue weighted by Gasteiger charge is -2.21. The van der Waals surface area contributed by atoms with Gasteiger partial charge in [-0.2, -0.15) is 22.0 Å². The maximum atomic E-state index is 15.0. The number of benzene rings is 4. The van der Waals surface area contributed by atoms with Gasteiger partial charge < -0.3 is 4.74 Å². The Morgan fingerprint density at radius 1 is 0.643 bits per heavy atom. The van der Waals surface area contributed by atoms with Crippen LogP contribution in [0.15, 0.2) is 60.7 Å². The second-order valence-corrected chi connectivity index (χ2v) is 9.71. The Balaban J connectivity index is 1.61. The summed E-state index contributed by atoms with van der Waals surface area (Å²) < 4.78 is 145. The van der Waals surface area contributed by atoms with E-state index in [1.54, 1.807) is 6.07 Å². The predicted molar refractivity (Wildman–Crippen MR) is 137 cm³/mol. The van der Waals surface area contributed by atoms with Crippen LogP contribution in [0.3, 0.4) is 0 Å². The standard InChI is InChI=1S/C30H19ClF10O/c1-2-3-4-15-5-7-19(22(32)9-15)16-10-21(31)27(24(34)11-16)30(40,41)42-18-6-8-20(23(33)14-18)17-12-25(35)28(26(36)13-17)29(37,38)39/h5-14H,2-4H2,1H3. The molecule has 0 saturated carbocycles. The number of aryl methyl sites for hydroxylation is 1. The molecule has 0 N–H and O–H groups in total. The van der Waals surface area contributed by atoms with Crippen LogP contribution in [0.25, 0.3) is 22.3 Å². The molecule has 222 valence electrons. The summed E-state index contributed by atoms with van der Waals surface area (Å²) in [4.78, 5) is 0. The van der Waals surface area contributed by atoms with Crippen molar-refractivity contribution in [2.45, 2.75) is 38.5 Å². The SMILES string of the molecule is CCCCc1ccc(-c2cc(F)c(C(F)(F)Oc3ccc(-c4cc(F)c(C(F)(F)F)c(F)c4)c(F)c3)c(Cl)c2)c(F)c1. The Hall–Kier alpha value is -3.73. The molecule has 0 radical (unpaired) electrons. The van der Waals surface area contributed by atoms with Crippen LogP contribution in [-0.2, 0) is 18.7 Å². The van der Waals surface area contributed by atoms with Crippen LogP contribution in [0.2, 0.25) is 5.02 Å². The highest BCUT2D eigenvalue weighted by molar-refractivity contribution is 6.31. The number of alkyl halides is 5. The maximum absolute atomic E-state index is 15.0. The molecule has 1 nitrogen and oxygen atoms in total. The van der Waals surface area contributed by atoms with E-state index < -0.39 is 74.4 Å². The summed E-state index contributed by atoms with van der Waals surface area (Å²) in [5.41, 5.74) is -4.39. The number of hydrogen-bond acceptors (Lipinski definition) is 1. The van der Waals surface area contributed by atoms with Gasteiger partial charge in [-0.1, -0.05) is 37.1 Å². The second kappa shape index (κ2) is 11.9. The van der Waals surface area contributed by atoms with Crippen LogP contribution < -0.4 is 4.74 Å². The highest BCUT2D eigenvalue weighted by Crippen LogP contribution is 2.41. The van der Waals surface area contributed by atoms with Crippen molar-refractivity contribution in [3.05, 3.63) is 111 Å². The minimum Gasteiger partial charge on any atom is -0.429 e. The molecule has 4 aromatic carbocycles. The van der Waals surface area contributed by atoms with Gasteiger partial charge in [-0.05, 0) is 72.0 Å². The van der Waals surface area contributed by atoms with Crippen LogP contribution in [0.4, 0.5) is 43.9 Å².